The smallest absolute Gasteiger partial charge is 0.253 e. The molecule has 0 unspecified atom stereocenters. The third-order valence-corrected chi connectivity index (χ3v) is 4.86. The first-order valence-electron chi connectivity index (χ1n) is 8.56. The van der Waals surface area contributed by atoms with E-state index in [1.807, 2.05) is 24.3 Å². The number of hydrogen-bond donors (Lipinski definition) is 3. The van der Waals surface area contributed by atoms with Crippen molar-refractivity contribution in [3.63, 3.8) is 0 Å². The maximum absolute atomic E-state index is 12.5. The summed E-state index contributed by atoms with van der Waals surface area (Å²) in [5.41, 5.74) is 6.56. The van der Waals surface area contributed by atoms with Crippen LogP contribution in [0.5, 0.6) is 0 Å². The summed E-state index contributed by atoms with van der Waals surface area (Å²) in [5.74, 6) is -0.0360. The second kappa shape index (κ2) is 6.13. The number of aryl methyl sites for hydroxylation is 2. The van der Waals surface area contributed by atoms with Crippen LogP contribution in [0.25, 0.3) is 21.8 Å². The number of carbonyl (C=O) groups is 1. The van der Waals surface area contributed by atoms with Crippen LogP contribution in [0.2, 0.25) is 0 Å². The van der Waals surface area contributed by atoms with Gasteiger partial charge in [-0.05, 0) is 37.5 Å². The molecule has 0 bridgehead atoms. The largest absolute Gasteiger partial charge is 0.360 e. The fourth-order valence-electron chi connectivity index (χ4n) is 3.53. The highest BCUT2D eigenvalue weighted by Gasteiger charge is 2.13. The molecule has 0 aliphatic carbocycles. The summed E-state index contributed by atoms with van der Waals surface area (Å²) in [6.45, 7) is 4.82. The lowest BCUT2D eigenvalue weighted by Gasteiger charge is -2.05. The number of carbonyl (C=O) groups excluding carboxylic acids is 1. The zero-order chi connectivity index (χ0) is 17.4. The molecular formula is C21H21N3O. The second-order valence-corrected chi connectivity index (χ2v) is 6.48. The predicted molar refractivity (Wildman–Crippen MR) is 102 cm³/mol. The predicted octanol–water partition coefficient (Wildman–Crippen LogP) is 4.24. The topological polar surface area (TPSA) is 60.7 Å². The lowest BCUT2D eigenvalue weighted by molar-refractivity contribution is 0.0956. The minimum atomic E-state index is -0.0360. The van der Waals surface area contributed by atoms with Crippen molar-refractivity contribution in [2.45, 2.75) is 20.3 Å². The summed E-state index contributed by atoms with van der Waals surface area (Å²) in [7, 11) is 0. The van der Waals surface area contributed by atoms with Crippen molar-refractivity contribution in [2.75, 3.05) is 6.54 Å². The van der Waals surface area contributed by atoms with E-state index in [9.17, 15) is 4.79 Å². The van der Waals surface area contributed by atoms with E-state index >= 15 is 0 Å². The average Bonchev–Trinajstić information content (AvgIpc) is 3.17. The molecule has 0 aliphatic heterocycles. The normalized spacial score (nSPS) is 11.3. The summed E-state index contributed by atoms with van der Waals surface area (Å²) >= 11 is 0. The van der Waals surface area contributed by atoms with Gasteiger partial charge < -0.3 is 15.3 Å². The zero-order valence-corrected chi connectivity index (χ0v) is 14.4. The van der Waals surface area contributed by atoms with Gasteiger partial charge in [-0.1, -0.05) is 36.4 Å². The van der Waals surface area contributed by atoms with Crippen molar-refractivity contribution in [1.82, 2.24) is 15.3 Å². The van der Waals surface area contributed by atoms with Gasteiger partial charge in [0, 0.05) is 40.2 Å². The van der Waals surface area contributed by atoms with E-state index in [-0.39, 0.29) is 5.91 Å². The van der Waals surface area contributed by atoms with E-state index < -0.39 is 0 Å². The van der Waals surface area contributed by atoms with Crippen molar-refractivity contribution < 1.29 is 4.79 Å². The molecule has 4 heteroatoms. The fourth-order valence-corrected chi connectivity index (χ4v) is 3.53. The van der Waals surface area contributed by atoms with Crippen LogP contribution in [0.15, 0.2) is 48.7 Å². The van der Waals surface area contributed by atoms with Crippen LogP contribution in [0, 0.1) is 13.8 Å². The molecule has 2 aromatic carbocycles. The van der Waals surface area contributed by atoms with Gasteiger partial charge in [-0.15, -0.1) is 0 Å². The Morgan fingerprint density at radius 2 is 1.84 bits per heavy atom. The molecule has 0 saturated carbocycles. The Labute approximate surface area is 146 Å². The van der Waals surface area contributed by atoms with Gasteiger partial charge in [-0.3, -0.25) is 4.79 Å². The fraction of sp³-hybridized carbons (Fsp3) is 0.190. The monoisotopic (exact) mass is 331 g/mol. The number of aromatic amines is 2. The van der Waals surface area contributed by atoms with E-state index in [0.717, 1.165) is 17.3 Å². The number of benzene rings is 2. The molecule has 2 heterocycles. The standard InChI is InChI=1S/C21H21N3O/c1-13-6-5-8-17-15(14(2)24-20(13)17)10-11-22-21(25)18-12-23-19-9-4-3-7-16(18)19/h3-9,12,23-24H,10-11H2,1-2H3,(H,22,25). The molecular weight excluding hydrogens is 310 g/mol. The molecule has 126 valence electrons. The SMILES string of the molecule is Cc1[nH]c2c(C)cccc2c1CCNC(=O)c1c[nH]c2ccccc12. The lowest BCUT2D eigenvalue weighted by atomic mass is 10.1. The minimum absolute atomic E-state index is 0.0360. The maximum atomic E-state index is 12.5. The first-order chi connectivity index (χ1) is 12.1. The van der Waals surface area contributed by atoms with Crippen LogP contribution in [0.4, 0.5) is 0 Å². The number of hydrogen-bond acceptors (Lipinski definition) is 1. The number of rotatable bonds is 4. The molecule has 4 aromatic rings. The highest BCUT2D eigenvalue weighted by Crippen LogP contribution is 2.25. The molecule has 2 aromatic heterocycles. The molecule has 0 spiro atoms. The molecule has 0 saturated heterocycles. The van der Waals surface area contributed by atoms with Crippen LogP contribution in [0.3, 0.4) is 0 Å². The van der Waals surface area contributed by atoms with Crippen molar-refractivity contribution in [1.29, 1.82) is 0 Å². The van der Waals surface area contributed by atoms with E-state index in [0.29, 0.717) is 12.1 Å². The lowest BCUT2D eigenvalue weighted by Crippen LogP contribution is -2.25. The Balaban J connectivity index is 1.50. The molecule has 4 rings (SSSR count). The number of H-pyrrole nitrogens is 2. The molecule has 0 atom stereocenters. The van der Waals surface area contributed by atoms with Gasteiger partial charge in [-0.2, -0.15) is 0 Å². The second-order valence-electron chi connectivity index (χ2n) is 6.48. The van der Waals surface area contributed by atoms with E-state index in [2.05, 4.69) is 47.3 Å². The van der Waals surface area contributed by atoms with E-state index in [1.165, 1.54) is 27.7 Å². The quantitative estimate of drug-likeness (QED) is 0.515. The van der Waals surface area contributed by atoms with Crippen molar-refractivity contribution in [2.24, 2.45) is 0 Å². The molecule has 25 heavy (non-hydrogen) atoms. The van der Waals surface area contributed by atoms with Crippen LogP contribution in [-0.4, -0.2) is 22.4 Å². The Kier molecular flexibility index (Phi) is 3.80. The summed E-state index contributed by atoms with van der Waals surface area (Å²) in [5, 5.41) is 5.26. The minimum Gasteiger partial charge on any atom is -0.360 e. The molecule has 0 fully saturated rings. The number of fused-ring (bicyclic) bond motifs is 2. The van der Waals surface area contributed by atoms with Gasteiger partial charge in [0.15, 0.2) is 0 Å². The van der Waals surface area contributed by atoms with E-state index in [1.54, 1.807) is 6.20 Å². The van der Waals surface area contributed by atoms with Gasteiger partial charge in [0.2, 0.25) is 0 Å². The molecule has 1 amide bonds. The zero-order valence-electron chi connectivity index (χ0n) is 14.4. The van der Waals surface area contributed by atoms with Crippen molar-refractivity contribution >= 4 is 27.7 Å². The van der Waals surface area contributed by atoms with Crippen molar-refractivity contribution in [3.05, 3.63) is 71.0 Å². The molecule has 0 radical (unpaired) electrons. The third kappa shape index (κ3) is 2.70. The average molecular weight is 331 g/mol. The van der Waals surface area contributed by atoms with Crippen molar-refractivity contribution in [3.8, 4) is 0 Å². The van der Waals surface area contributed by atoms with E-state index in [4.69, 9.17) is 0 Å². The first-order valence-corrected chi connectivity index (χ1v) is 8.56. The van der Waals surface area contributed by atoms with Crippen LogP contribution < -0.4 is 5.32 Å². The Morgan fingerprint density at radius 1 is 1.04 bits per heavy atom. The van der Waals surface area contributed by atoms with Gasteiger partial charge in [0.05, 0.1) is 5.56 Å². The Morgan fingerprint density at radius 3 is 2.72 bits per heavy atom. The summed E-state index contributed by atoms with van der Waals surface area (Å²) in [6, 6.07) is 14.2. The summed E-state index contributed by atoms with van der Waals surface area (Å²) in [4.78, 5) is 19.1. The maximum Gasteiger partial charge on any atom is 0.253 e. The van der Waals surface area contributed by atoms with Gasteiger partial charge in [-0.25, -0.2) is 0 Å². The van der Waals surface area contributed by atoms with Crippen LogP contribution >= 0.6 is 0 Å². The number of aromatic nitrogens is 2. The van der Waals surface area contributed by atoms with Gasteiger partial charge >= 0.3 is 0 Å². The highest BCUT2D eigenvalue weighted by atomic mass is 16.1. The number of para-hydroxylation sites is 2. The molecule has 0 aliphatic rings. The number of amides is 1. The highest BCUT2D eigenvalue weighted by molar-refractivity contribution is 6.06. The van der Waals surface area contributed by atoms with Crippen LogP contribution in [-0.2, 0) is 6.42 Å². The molecule has 3 N–H and O–H groups in total. The summed E-state index contributed by atoms with van der Waals surface area (Å²) < 4.78 is 0. The molecule has 4 nitrogen and oxygen atoms in total. The Bertz CT molecular complexity index is 1070. The third-order valence-electron chi connectivity index (χ3n) is 4.86. The number of nitrogens with one attached hydrogen (secondary N) is 3. The first kappa shape index (κ1) is 15.5. The van der Waals surface area contributed by atoms with Gasteiger partial charge in [0.25, 0.3) is 5.91 Å². The summed E-state index contributed by atoms with van der Waals surface area (Å²) in [6.07, 6.45) is 2.59. The van der Waals surface area contributed by atoms with Gasteiger partial charge in [0.1, 0.15) is 0 Å². The Hall–Kier alpha value is -3.01. The van der Waals surface area contributed by atoms with Crippen LogP contribution in [0.1, 0.15) is 27.2 Å².